The molecule has 0 aliphatic heterocycles. The van der Waals surface area contributed by atoms with Crippen molar-refractivity contribution in [2.75, 3.05) is 0 Å². The number of hydrogen-bond acceptors (Lipinski definition) is 6. The third kappa shape index (κ3) is 9.48. The van der Waals surface area contributed by atoms with Crippen LogP contribution in [0.25, 0.3) is 0 Å². The molecule has 9 heteroatoms. The maximum Gasteiger partial charge on any atom is 0.408 e. The quantitative estimate of drug-likeness (QED) is 0.323. The topological polar surface area (TPSA) is 131 Å². The van der Waals surface area contributed by atoms with Gasteiger partial charge in [-0.2, -0.15) is 0 Å². The van der Waals surface area contributed by atoms with Crippen LogP contribution in [0.15, 0.2) is 91.0 Å². The normalized spacial score (nSPS) is 12.0. The second kappa shape index (κ2) is 14.0. The fourth-order valence-electron chi connectivity index (χ4n) is 3.40. The van der Waals surface area contributed by atoms with Gasteiger partial charge < -0.3 is 25.2 Å². The first-order valence-corrected chi connectivity index (χ1v) is 11.6. The van der Waals surface area contributed by atoms with Gasteiger partial charge in [0.1, 0.15) is 25.3 Å². The lowest BCUT2D eigenvalue weighted by molar-refractivity contribution is -0.151. The molecule has 0 saturated carbocycles. The first-order chi connectivity index (χ1) is 17.9. The lowest BCUT2D eigenvalue weighted by Crippen LogP contribution is -2.53. The van der Waals surface area contributed by atoms with E-state index in [0.29, 0.717) is 0 Å². The minimum Gasteiger partial charge on any atom is -0.480 e. The summed E-state index contributed by atoms with van der Waals surface area (Å²) >= 11 is 0. The fraction of sp³-hybridized carbons (Fsp3) is 0.214. The third-order valence-corrected chi connectivity index (χ3v) is 5.33. The van der Waals surface area contributed by atoms with Gasteiger partial charge in [0.25, 0.3) is 0 Å². The number of amides is 2. The Morgan fingerprint density at radius 2 is 1.14 bits per heavy atom. The van der Waals surface area contributed by atoms with Crippen LogP contribution in [0.4, 0.5) is 4.79 Å². The summed E-state index contributed by atoms with van der Waals surface area (Å²) < 4.78 is 10.4. The molecule has 0 bridgehead atoms. The molecular weight excluding hydrogens is 476 g/mol. The molecule has 0 fully saturated rings. The van der Waals surface area contributed by atoms with E-state index in [1.807, 2.05) is 18.2 Å². The first-order valence-electron chi connectivity index (χ1n) is 11.6. The Morgan fingerprint density at radius 3 is 1.65 bits per heavy atom. The number of carboxylic acids is 1. The molecule has 3 aromatic carbocycles. The Labute approximate surface area is 214 Å². The van der Waals surface area contributed by atoms with Gasteiger partial charge in [0.15, 0.2) is 0 Å². The van der Waals surface area contributed by atoms with E-state index in [2.05, 4.69) is 10.6 Å². The molecule has 0 radical (unpaired) electrons. The molecule has 0 saturated heterocycles. The number of alkyl carbamates (subject to hydrolysis) is 1. The second-order valence-electron chi connectivity index (χ2n) is 8.20. The van der Waals surface area contributed by atoms with E-state index in [1.165, 1.54) is 0 Å². The second-order valence-corrected chi connectivity index (χ2v) is 8.20. The minimum absolute atomic E-state index is 0.00262. The van der Waals surface area contributed by atoms with Crippen LogP contribution in [-0.2, 0) is 43.5 Å². The number of carbonyl (C=O) groups is 4. The van der Waals surface area contributed by atoms with Crippen LogP contribution < -0.4 is 10.6 Å². The van der Waals surface area contributed by atoms with Crippen molar-refractivity contribution in [3.63, 3.8) is 0 Å². The summed E-state index contributed by atoms with van der Waals surface area (Å²) in [5.74, 6) is -2.97. The van der Waals surface area contributed by atoms with Gasteiger partial charge in [0, 0.05) is 6.42 Å². The fourth-order valence-corrected chi connectivity index (χ4v) is 3.40. The summed E-state index contributed by atoms with van der Waals surface area (Å²) in [6.07, 6.45) is -1.34. The largest absolute Gasteiger partial charge is 0.480 e. The molecule has 0 aliphatic carbocycles. The van der Waals surface area contributed by atoms with Crippen molar-refractivity contribution in [2.24, 2.45) is 0 Å². The van der Waals surface area contributed by atoms with E-state index in [-0.39, 0.29) is 19.6 Å². The van der Waals surface area contributed by atoms with Crippen molar-refractivity contribution in [1.82, 2.24) is 10.6 Å². The molecule has 0 aliphatic rings. The summed E-state index contributed by atoms with van der Waals surface area (Å²) in [5.41, 5.74) is 2.25. The molecule has 3 rings (SSSR count). The number of benzene rings is 3. The molecule has 9 nitrogen and oxygen atoms in total. The molecule has 0 spiro atoms. The Morgan fingerprint density at radius 1 is 0.649 bits per heavy atom. The predicted molar refractivity (Wildman–Crippen MR) is 134 cm³/mol. The van der Waals surface area contributed by atoms with E-state index in [4.69, 9.17) is 9.47 Å². The van der Waals surface area contributed by atoms with Crippen molar-refractivity contribution in [2.45, 2.75) is 38.1 Å². The number of ether oxygens (including phenoxy) is 2. The van der Waals surface area contributed by atoms with Gasteiger partial charge in [-0.05, 0) is 16.7 Å². The van der Waals surface area contributed by atoms with Crippen molar-refractivity contribution in [3.8, 4) is 0 Å². The monoisotopic (exact) mass is 504 g/mol. The number of carboxylic acid groups (broad SMARTS) is 1. The molecule has 37 heavy (non-hydrogen) atoms. The lowest BCUT2D eigenvalue weighted by atomic mass is 10.0. The number of nitrogens with one attached hydrogen (secondary N) is 2. The minimum atomic E-state index is -1.55. The molecule has 0 heterocycles. The highest BCUT2D eigenvalue weighted by atomic mass is 16.5. The van der Waals surface area contributed by atoms with Crippen molar-refractivity contribution in [1.29, 1.82) is 0 Å². The van der Waals surface area contributed by atoms with Crippen LogP contribution in [0.1, 0.15) is 23.1 Å². The van der Waals surface area contributed by atoms with Crippen LogP contribution in [0.3, 0.4) is 0 Å². The smallest absolute Gasteiger partial charge is 0.408 e. The third-order valence-electron chi connectivity index (χ3n) is 5.33. The first kappa shape index (κ1) is 26.9. The average Bonchev–Trinajstić information content (AvgIpc) is 2.91. The maximum absolute atomic E-state index is 13.0. The van der Waals surface area contributed by atoms with Crippen LogP contribution >= 0.6 is 0 Å². The van der Waals surface area contributed by atoms with Crippen molar-refractivity contribution in [3.05, 3.63) is 108 Å². The number of esters is 1. The van der Waals surface area contributed by atoms with Gasteiger partial charge in [-0.1, -0.05) is 91.0 Å². The zero-order valence-corrected chi connectivity index (χ0v) is 20.0. The zero-order valence-electron chi connectivity index (χ0n) is 20.0. The molecule has 3 aromatic rings. The molecule has 0 unspecified atom stereocenters. The van der Waals surface area contributed by atoms with Crippen LogP contribution in [0.2, 0.25) is 0 Å². The van der Waals surface area contributed by atoms with Crippen molar-refractivity contribution < 1.29 is 33.8 Å². The van der Waals surface area contributed by atoms with E-state index in [0.717, 1.165) is 16.7 Å². The van der Waals surface area contributed by atoms with Crippen LogP contribution in [0.5, 0.6) is 0 Å². The average molecular weight is 505 g/mol. The van der Waals surface area contributed by atoms with Gasteiger partial charge in [-0.3, -0.25) is 9.59 Å². The standard InChI is InChI=1S/C28H28N2O7/c31-25(36-18-21-12-6-2-7-13-21)17-24(27(33)34)29-26(32)23(16-20-10-4-1-5-11-20)30-28(35)37-19-22-14-8-3-9-15-22/h1-15,23-24H,16-19H2,(H,29,32)(H,30,35)(H,33,34)/t23-,24+/m1/s1. The lowest BCUT2D eigenvalue weighted by Gasteiger charge is -2.21. The predicted octanol–water partition coefficient (Wildman–Crippen LogP) is 3.23. The molecule has 0 aromatic heterocycles. The van der Waals surface area contributed by atoms with E-state index < -0.39 is 42.4 Å². The van der Waals surface area contributed by atoms with Crippen molar-refractivity contribution >= 4 is 23.9 Å². The van der Waals surface area contributed by atoms with Crippen LogP contribution in [0, 0.1) is 0 Å². The van der Waals surface area contributed by atoms with Crippen LogP contribution in [-0.4, -0.2) is 41.1 Å². The SMILES string of the molecule is O=C(C[C@H](NC(=O)[C@@H](Cc1ccccc1)NC(=O)OCc1ccccc1)C(=O)O)OCc1ccccc1. The number of aliphatic carboxylic acids is 1. The van der Waals surface area contributed by atoms with E-state index >= 15 is 0 Å². The van der Waals surface area contributed by atoms with Gasteiger partial charge in [0.2, 0.25) is 5.91 Å². The maximum atomic E-state index is 13.0. The molecule has 3 N–H and O–H groups in total. The Hall–Kier alpha value is -4.66. The molecule has 192 valence electrons. The molecule has 2 amide bonds. The Balaban J connectivity index is 1.61. The summed E-state index contributed by atoms with van der Waals surface area (Å²) in [6.45, 7) is -0.0250. The summed E-state index contributed by atoms with van der Waals surface area (Å²) in [5, 5.41) is 14.4. The summed E-state index contributed by atoms with van der Waals surface area (Å²) in [6, 6.07) is 24.2. The number of hydrogen-bond donors (Lipinski definition) is 3. The van der Waals surface area contributed by atoms with Gasteiger partial charge in [0.05, 0.1) is 6.42 Å². The number of rotatable bonds is 12. The van der Waals surface area contributed by atoms with Gasteiger partial charge in [-0.15, -0.1) is 0 Å². The Kier molecular flexibility index (Phi) is 10.2. The van der Waals surface area contributed by atoms with Gasteiger partial charge >= 0.3 is 18.0 Å². The van der Waals surface area contributed by atoms with E-state index in [1.54, 1.807) is 72.8 Å². The van der Waals surface area contributed by atoms with Gasteiger partial charge in [-0.25, -0.2) is 9.59 Å². The summed E-state index contributed by atoms with van der Waals surface area (Å²) in [7, 11) is 0. The summed E-state index contributed by atoms with van der Waals surface area (Å²) in [4.78, 5) is 49.5. The highest BCUT2D eigenvalue weighted by Crippen LogP contribution is 2.08. The highest BCUT2D eigenvalue weighted by molar-refractivity contribution is 5.91. The molecule has 2 atom stereocenters. The Bertz CT molecular complexity index is 1170. The number of carbonyl (C=O) groups excluding carboxylic acids is 3. The molecular formula is C28H28N2O7. The zero-order chi connectivity index (χ0) is 26.5. The highest BCUT2D eigenvalue weighted by Gasteiger charge is 2.29. The van der Waals surface area contributed by atoms with E-state index in [9.17, 15) is 24.3 Å².